The van der Waals surface area contributed by atoms with Crippen LogP contribution in [-0.2, 0) is 6.42 Å². The number of alkyl halides is 3. The van der Waals surface area contributed by atoms with E-state index in [0.717, 1.165) is 56.9 Å². The molecule has 1 fully saturated rings. The summed E-state index contributed by atoms with van der Waals surface area (Å²) in [6.07, 6.45) is 8.77. The first-order chi connectivity index (χ1) is 13.4. The average Bonchev–Trinajstić information content (AvgIpc) is 2.66. The summed E-state index contributed by atoms with van der Waals surface area (Å²) in [7, 11) is 0. The lowest BCUT2D eigenvalue weighted by Gasteiger charge is -2.26. The maximum atomic E-state index is 12.7. The van der Waals surface area contributed by atoms with Crippen molar-refractivity contribution in [3.63, 3.8) is 0 Å². The van der Waals surface area contributed by atoms with Gasteiger partial charge in [0.25, 0.3) is 0 Å². The van der Waals surface area contributed by atoms with Gasteiger partial charge < -0.3 is 4.74 Å². The highest BCUT2D eigenvalue weighted by Gasteiger charge is 2.30. The second kappa shape index (κ2) is 10.9. The Hall–Kier alpha value is -2.29. The van der Waals surface area contributed by atoms with Gasteiger partial charge in [0.1, 0.15) is 11.8 Å². The Bertz CT molecular complexity index is 693. The molecule has 6 heteroatoms. The second-order valence-corrected chi connectivity index (χ2v) is 7.23. The summed E-state index contributed by atoms with van der Waals surface area (Å²) < 4.78 is 53.0. The number of allylic oxidation sites excluding steroid dienone is 4. The molecule has 0 aromatic heterocycles. The van der Waals surface area contributed by atoms with Gasteiger partial charge in [0, 0.05) is 0 Å². The van der Waals surface area contributed by atoms with Crippen molar-refractivity contribution in [3.05, 3.63) is 53.9 Å². The van der Waals surface area contributed by atoms with Crippen molar-refractivity contribution in [1.29, 1.82) is 5.26 Å². The van der Waals surface area contributed by atoms with E-state index in [9.17, 15) is 17.6 Å². The molecule has 28 heavy (non-hydrogen) atoms. The van der Waals surface area contributed by atoms with Crippen LogP contribution in [0.15, 0.2) is 48.3 Å². The van der Waals surface area contributed by atoms with Crippen LogP contribution in [0.25, 0.3) is 0 Å². The Kier molecular flexibility index (Phi) is 8.56. The number of hydrogen-bond donors (Lipinski definition) is 0. The molecule has 0 aliphatic heterocycles. The van der Waals surface area contributed by atoms with E-state index in [4.69, 9.17) is 5.26 Å². The van der Waals surface area contributed by atoms with Crippen LogP contribution >= 0.6 is 0 Å². The van der Waals surface area contributed by atoms with Crippen molar-refractivity contribution in [3.8, 4) is 11.8 Å². The lowest BCUT2D eigenvalue weighted by molar-refractivity contribution is -0.274. The minimum absolute atomic E-state index is 0.187. The van der Waals surface area contributed by atoms with Gasteiger partial charge in [0.15, 0.2) is 5.83 Å². The van der Waals surface area contributed by atoms with Crippen LogP contribution in [0, 0.1) is 23.2 Å². The normalized spacial score (nSPS) is 20.9. The second-order valence-electron chi connectivity index (χ2n) is 7.23. The molecule has 0 atom stereocenters. The van der Waals surface area contributed by atoms with Crippen LogP contribution in [0.2, 0.25) is 0 Å². The zero-order valence-corrected chi connectivity index (χ0v) is 15.7. The quantitative estimate of drug-likeness (QED) is 0.205. The number of halogens is 4. The summed E-state index contributed by atoms with van der Waals surface area (Å²) in [5.74, 6) is 0.204. The molecule has 0 spiro atoms. The molecule has 0 N–H and O–H groups in total. The SMILES string of the molecule is N#C/C(F)=C/C=C/[C@H]1CC[C@H](CCCCc2ccc(OC(F)(F)F)cc2)CC1. The fourth-order valence-electron chi connectivity index (χ4n) is 3.62. The van der Waals surface area contributed by atoms with Crippen LogP contribution in [0.5, 0.6) is 5.75 Å². The number of ether oxygens (including phenoxy) is 1. The standard InChI is InChI=1S/C22H25F4NO/c23-20(16-27)7-3-6-19-10-8-17(9-11-19)4-1-2-5-18-12-14-21(15-13-18)28-22(24,25)26/h3,6-7,12-15,17,19H,1-2,4-5,8-11H2/b6-3+,20-7-/t17-,19-. The van der Waals surface area contributed by atoms with Gasteiger partial charge in [0.2, 0.25) is 0 Å². The molecule has 1 aliphatic carbocycles. The molecule has 2 nitrogen and oxygen atoms in total. The summed E-state index contributed by atoms with van der Waals surface area (Å²) in [6.45, 7) is 0. The topological polar surface area (TPSA) is 33.0 Å². The van der Waals surface area contributed by atoms with Gasteiger partial charge in [0.05, 0.1) is 0 Å². The van der Waals surface area contributed by atoms with E-state index in [0.29, 0.717) is 11.8 Å². The third-order valence-electron chi connectivity index (χ3n) is 5.11. The Morgan fingerprint density at radius 3 is 2.39 bits per heavy atom. The molecule has 0 heterocycles. The molecular weight excluding hydrogens is 370 g/mol. The van der Waals surface area contributed by atoms with Gasteiger partial charge in [-0.2, -0.15) is 9.65 Å². The molecule has 0 unspecified atom stereocenters. The Morgan fingerprint density at radius 1 is 1.11 bits per heavy atom. The van der Waals surface area contributed by atoms with Gasteiger partial charge in [-0.1, -0.05) is 37.1 Å². The van der Waals surface area contributed by atoms with Crippen LogP contribution in [-0.4, -0.2) is 6.36 Å². The molecule has 1 aromatic carbocycles. The van der Waals surface area contributed by atoms with Crippen LogP contribution < -0.4 is 4.74 Å². The maximum absolute atomic E-state index is 12.7. The summed E-state index contributed by atoms with van der Waals surface area (Å²) in [5.41, 5.74) is 1.01. The van der Waals surface area contributed by atoms with Gasteiger partial charge in [-0.25, -0.2) is 0 Å². The van der Waals surface area contributed by atoms with E-state index in [1.54, 1.807) is 18.2 Å². The van der Waals surface area contributed by atoms with E-state index in [2.05, 4.69) is 4.74 Å². The third kappa shape index (κ3) is 8.60. The first kappa shape index (κ1) is 22.0. The molecule has 0 amide bonds. The van der Waals surface area contributed by atoms with Crippen molar-refractivity contribution < 1.29 is 22.3 Å². The molecule has 1 aromatic rings. The number of nitrogens with zero attached hydrogens (tertiary/aromatic N) is 1. The van der Waals surface area contributed by atoms with E-state index >= 15 is 0 Å². The monoisotopic (exact) mass is 395 g/mol. The average molecular weight is 395 g/mol. The lowest BCUT2D eigenvalue weighted by Crippen LogP contribution is -2.17. The molecule has 0 radical (unpaired) electrons. The number of unbranched alkanes of at least 4 members (excludes halogenated alkanes) is 1. The fourth-order valence-corrected chi connectivity index (χ4v) is 3.62. The number of benzene rings is 1. The molecule has 2 rings (SSSR count). The number of aryl methyl sites for hydroxylation is 1. The zero-order valence-electron chi connectivity index (χ0n) is 15.7. The third-order valence-corrected chi connectivity index (χ3v) is 5.11. The van der Waals surface area contributed by atoms with Crippen molar-refractivity contribution in [1.82, 2.24) is 0 Å². The first-order valence-electron chi connectivity index (χ1n) is 9.64. The smallest absolute Gasteiger partial charge is 0.406 e. The highest BCUT2D eigenvalue weighted by Crippen LogP contribution is 2.32. The largest absolute Gasteiger partial charge is 0.573 e. The fraction of sp³-hybridized carbons (Fsp3) is 0.500. The Balaban J connectivity index is 1.61. The van der Waals surface area contributed by atoms with E-state index < -0.39 is 12.2 Å². The lowest BCUT2D eigenvalue weighted by atomic mass is 9.79. The molecule has 0 saturated heterocycles. The summed E-state index contributed by atoms with van der Waals surface area (Å²) in [4.78, 5) is 0. The first-order valence-corrected chi connectivity index (χ1v) is 9.64. The zero-order chi connectivity index (χ0) is 20.4. The highest BCUT2D eigenvalue weighted by molar-refractivity contribution is 5.27. The molecule has 0 bridgehead atoms. The van der Waals surface area contributed by atoms with Crippen LogP contribution in [0.1, 0.15) is 50.5 Å². The van der Waals surface area contributed by atoms with Gasteiger partial charge in [-0.3, -0.25) is 0 Å². The Morgan fingerprint density at radius 2 is 1.79 bits per heavy atom. The van der Waals surface area contributed by atoms with Crippen molar-refractivity contribution in [2.75, 3.05) is 0 Å². The Labute approximate surface area is 163 Å². The highest BCUT2D eigenvalue weighted by atomic mass is 19.4. The van der Waals surface area contributed by atoms with Crippen LogP contribution in [0.4, 0.5) is 17.6 Å². The van der Waals surface area contributed by atoms with Gasteiger partial charge in [-0.15, -0.1) is 13.2 Å². The predicted molar refractivity (Wildman–Crippen MR) is 100 cm³/mol. The summed E-state index contributed by atoms with van der Waals surface area (Å²) in [6, 6.07) is 7.53. The van der Waals surface area contributed by atoms with Crippen LogP contribution in [0.3, 0.4) is 0 Å². The van der Waals surface area contributed by atoms with Crippen molar-refractivity contribution >= 4 is 0 Å². The molecular formula is C22H25F4NO. The number of rotatable bonds is 8. The van der Waals surface area contributed by atoms with Gasteiger partial charge in [-0.05, 0) is 74.1 Å². The van der Waals surface area contributed by atoms with Crippen molar-refractivity contribution in [2.24, 2.45) is 11.8 Å². The minimum Gasteiger partial charge on any atom is -0.406 e. The molecule has 1 saturated carbocycles. The van der Waals surface area contributed by atoms with E-state index in [1.807, 2.05) is 6.08 Å². The number of nitriles is 1. The maximum Gasteiger partial charge on any atom is 0.573 e. The number of hydrogen-bond acceptors (Lipinski definition) is 2. The minimum atomic E-state index is -4.65. The predicted octanol–water partition coefficient (Wildman–Crippen LogP) is 7.04. The summed E-state index contributed by atoms with van der Waals surface area (Å²) >= 11 is 0. The summed E-state index contributed by atoms with van der Waals surface area (Å²) in [5, 5.41) is 8.36. The van der Waals surface area contributed by atoms with E-state index in [-0.39, 0.29) is 5.75 Å². The van der Waals surface area contributed by atoms with Gasteiger partial charge >= 0.3 is 6.36 Å². The molecule has 1 aliphatic rings. The van der Waals surface area contributed by atoms with Crippen molar-refractivity contribution in [2.45, 2.75) is 57.7 Å². The van der Waals surface area contributed by atoms with E-state index in [1.165, 1.54) is 24.3 Å². The molecule has 152 valence electrons.